The van der Waals surface area contributed by atoms with Crippen LogP contribution in [-0.2, 0) is 19.4 Å². The summed E-state index contributed by atoms with van der Waals surface area (Å²) in [6.07, 6.45) is 12.7. The summed E-state index contributed by atoms with van der Waals surface area (Å²) in [6, 6.07) is 0. The van der Waals surface area contributed by atoms with E-state index in [1.165, 1.54) is 44.9 Å². The maximum atomic E-state index is 11.5. The molecule has 0 fully saturated rings. The second-order valence-corrected chi connectivity index (χ2v) is 7.74. The van der Waals surface area contributed by atoms with Gasteiger partial charge in [0.25, 0.3) is 0 Å². The van der Waals surface area contributed by atoms with Gasteiger partial charge < -0.3 is 0 Å². The van der Waals surface area contributed by atoms with Crippen LogP contribution in [0.5, 0.6) is 0 Å². The third kappa shape index (κ3) is 22.5. The van der Waals surface area contributed by atoms with Crippen molar-refractivity contribution in [3.63, 3.8) is 0 Å². The van der Waals surface area contributed by atoms with E-state index in [1.54, 1.807) is 0 Å². The van der Waals surface area contributed by atoms with Crippen molar-refractivity contribution in [2.24, 2.45) is 5.92 Å². The summed E-state index contributed by atoms with van der Waals surface area (Å²) in [5, 5.41) is 0. The molecule has 0 aromatic rings. The molecule has 0 atom stereocenters. The van der Waals surface area contributed by atoms with Crippen LogP contribution in [0.1, 0.15) is 90.9 Å². The van der Waals surface area contributed by atoms with Gasteiger partial charge in [0.2, 0.25) is 0 Å². The minimum absolute atomic E-state index is 0. The van der Waals surface area contributed by atoms with Crippen LogP contribution in [0.2, 0.25) is 0 Å². The molecule has 0 aliphatic carbocycles. The van der Waals surface area contributed by atoms with E-state index in [4.69, 9.17) is 4.55 Å². The molecule has 5 nitrogen and oxygen atoms in total. The third-order valence-electron chi connectivity index (χ3n) is 3.85. The predicted molar refractivity (Wildman–Crippen MR) is 99.9 cm³/mol. The maximum absolute atomic E-state index is 11.5. The van der Waals surface area contributed by atoms with Gasteiger partial charge in [-0.25, -0.2) is 4.18 Å². The van der Waals surface area contributed by atoms with Crippen molar-refractivity contribution in [2.45, 2.75) is 90.9 Å². The van der Waals surface area contributed by atoms with Crippen LogP contribution in [-0.4, -0.2) is 54.9 Å². The van der Waals surface area contributed by atoms with Crippen LogP contribution in [0.25, 0.3) is 0 Å². The number of hydrogen-bond donors (Lipinski definition) is 1. The van der Waals surface area contributed by atoms with Gasteiger partial charge in [-0.05, 0) is 12.3 Å². The Morgan fingerprint density at radius 1 is 0.875 bits per heavy atom. The van der Waals surface area contributed by atoms with E-state index in [2.05, 4.69) is 18.0 Å². The number of ketones is 1. The van der Waals surface area contributed by atoms with E-state index < -0.39 is 10.4 Å². The average molecular weight is 375 g/mol. The first-order chi connectivity index (χ1) is 10.8. The molecule has 0 amide bonds. The van der Waals surface area contributed by atoms with E-state index >= 15 is 0 Å². The Bertz CT molecular complexity index is 396. The van der Waals surface area contributed by atoms with Crippen LogP contribution in [0.15, 0.2) is 0 Å². The monoisotopic (exact) mass is 374 g/mol. The molecular formula is C17H35NaO5S. The quantitative estimate of drug-likeness (QED) is 0.250. The first-order valence-corrected chi connectivity index (χ1v) is 10.3. The first kappa shape index (κ1) is 26.8. The molecule has 0 unspecified atom stereocenters. The molecule has 1 N–H and O–H groups in total. The number of hydrogen-bond acceptors (Lipinski definition) is 4. The number of Topliss-reactive ketones (excluding diaryl/α,β-unsaturated/α-hetero) is 1. The predicted octanol–water partition coefficient (Wildman–Crippen LogP) is 4.06. The molecule has 0 heterocycles. The van der Waals surface area contributed by atoms with Gasteiger partial charge in [-0.2, -0.15) is 8.42 Å². The average Bonchev–Trinajstić information content (AvgIpc) is 2.43. The van der Waals surface area contributed by atoms with E-state index in [0.29, 0.717) is 6.42 Å². The van der Waals surface area contributed by atoms with E-state index in [9.17, 15) is 13.2 Å². The van der Waals surface area contributed by atoms with Crippen molar-refractivity contribution in [3.8, 4) is 0 Å². The van der Waals surface area contributed by atoms with Gasteiger partial charge in [0.1, 0.15) is 5.78 Å². The Kier molecular flexibility index (Phi) is 18.9. The molecule has 0 rings (SSSR count). The van der Waals surface area contributed by atoms with Crippen molar-refractivity contribution in [1.29, 1.82) is 0 Å². The fourth-order valence-electron chi connectivity index (χ4n) is 2.50. The van der Waals surface area contributed by atoms with Crippen LogP contribution in [0.4, 0.5) is 0 Å². The van der Waals surface area contributed by atoms with Crippen molar-refractivity contribution >= 4 is 45.7 Å². The molecule has 0 aliphatic rings. The second kappa shape index (κ2) is 17.0. The summed E-state index contributed by atoms with van der Waals surface area (Å²) in [5.41, 5.74) is 0. The Balaban J connectivity index is 0. The van der Waals surface area contributed by atoms with Crippen molar-refractivity contribution in [1.82, 2.24) is 0 Å². The molecular weight excluding hydrogens is 339 g/mol. The van der Waals surface area contributed by atoms with Crippen LogP contribution in [0, 0.1) is 5.92 Å². The van der Waals surface area contributed by atoms with Crippen LogP contribution in [0.3, 0.4) is 0 Å². The van der Waals surface area contributed by atoms with E-state index in [0.717, 1.165) is 25.2 Å². The van der Waals surface area contributed by atoms with Crippen molar-refractivity contribution < 1.29 is 21.9 Å². The second-order valence-electron chi connectivity index (χ2n) is 6.65. The van der Waals surface area contributed by atoms with Gasteiger partial charge in [0, 0.05) is 12.8 Å². The number of carbonyl (C=O) groups excluding carboxylic acids is 1. The Morgan fingerprint density at radius 2 is 1.33 bits per heavy atom. The van der Waals surface area contributed by atoms with Gasteiger partial charge in [-0.3, -0.25) is 9.35 Å². The molecule has 0 radical (unpaired) electrons. The Labute approximate surface area is 170 Å². The molecule has 24 heavy (non-hydrogen) atoms. The molecule has 0 bridgehead atoms. The summed E-state index contributed by atoms with van der Waals surface area (Å²) in [5.74, 6) is 0.802. The molecule has 0 saturated heterocycles. The molecule has 0 aromatic heterocycles. The van der Waals surface area contributed by atoms with Crippen LogP contribution < -0.4 is 0 Å². The molecule has 140 valence electrons. The summed E-state index contributed by atoms with van der Waals surface area (Å²) < 4.78 is 33.1. The molecule has 7 heteroatoms. The summed E-state index contributed by atoms with van der Waals surface area (Å²) >= 11 is 0. The molecule has 0 aliphatic heterocycles. The van der Waals surface area contributed by atoms with Gasteiger partial charge in [0.05, 0.1) is 6.61 Å². The van der Waals surface area contributed by atoms with Gasteiger partial charge in [-0.15, -0.1) is 0 Å². The van der Waals surface area contributed by atoms with Crippen LogP contribution >= 0.6 is 0 Å². The SMILES string of the molecule is CC(C)CCCCCCCCCCCC(=O)CCOS(=O)(=O)O.[NaH]. The van der Waals surface area contributed by atoms with Gasteiger partial charge in [0.15, 0.2) is 0 Å². The third-order valence-corrected chi connectivity index (χ3v) is 4.31. The Hall–Kier alpha value is 0.540. The zero-order valence-electron chi connectivity index (χ0n) is 14.8. The normalized spacial score (nSPS) is 11.5. The molecule has 0 saturated carbocycles. The summed E-state index contributed by atoms with van der Waals surface area (Å²) in [6.45, 7) is 4.27. The number of carbonyl (C=O) groups is 1. The summed E-state index contributed by atoms with van der Waals surface area (Å²) in [4.78, 5) is 11.5. The van der Waals surface area contributed by atoms with Crippen molar-refractivity contribution in [2.75, 3.05) is 6.61 Å². The molecule has 0 aromatic carbocycles. The van der Waals surface area contributed by atoms with E-state index in [-0.39, 0.29) is 48.4 Å². The number of unbranched alkanes of at least 4 members (excludes halogenated alkanes) is 8. The zero-order chi connectivity index (χ0) is 17.6. The minimum atomic E-state index is -4.42. The fraction of sp³-hybridized carbons (Fsp3) is 0.941. The number of rotatable bonds is 16. The summed E-state index contributed by atoms with van der Waals surface area (Å²) in [7, 11) is -4.42. The van der Waals surface area contributed by atoms with Gasteiger partial charge in [-0.1, -0.05) is 71.6 Å². The topological polar surface area (TPSA) is 80.7 Å². The standard InChI is InChI=1S/C17H34O5S.Na.H/c1-16(2)12-10-8-6-4-3-5-7-9-11-13-17(18)14-15-22-23(19,20)21;;/h16H,3-15H2,1-2H3,(H,19,20,21);;. The fourth-order valence-corrected chi connectivity index (χ4v) is 2.79. The van der Waals surface area contributed by atoms with Crippen molar-refractivity contribution in [3.05, 3.63) is 0 Å². The first-order valence-electron chi connectivity index (χ1n) is 8.95. The van der Waals surface area contributed by atoms with E-state index in [1.807, 2.05) is 0 Å². The molecule has 0 spiro atoms. The zero-order valence-corrected chi connectivity index (χ0v) is 15.6. The Morgan fingerprint density at radius 3 is 1.79 bits per heavy atom. The van der Waals surface area contributed by atoms with Gasteiger partial charge >= 0.3 is 40.0 Å².